The van der Waals surface area contributed by atoms with Gasteiger partial charge in [0.2, 0.25) is 0 Å². The molecule has 0 radical (unpaired) electrons. The van der Waals surface area contributed by atoms with Gasteiger partial charge in [-0.25, -0.2) is 0 Å². The molecule has 0 spiro atoms. The lowest BCUT2D eigenvalue weighted by molar-refractivity contribution is -0.123. The van der Waals surface area contributed by atoms with E-state index in [-0.39, 0.29) is 12.5 Å². The molecule has 2 aromatic carbocycles. The van der Waals surface area contributed by atoms with Crippen molar-refractivity contribution < 1.29 is 14.3 Å². The van der Waals surface area contributed by atoms with E-state index in [1.54, 1.807) is 24.3 Å². The highest BCUT2D eigenvalue weighted by atomic mass is 79.9. The maximum Gasteiger partial charge on any atom is 0.276 e. The Morgan fingerprint density at radius 1 is 1.12 bits per heavy atom. The lowest BCUT2D eigenvalue weighted by Gasteiger charge is -2.13. The summed E-state index contributed by atoms with van der Waals surface area (Å²) >= 11 is 3.46. The van der Waals surface area contributed by atoms with Crippen molar-refractivity contribution in [3.05, 3.63) is 64.1 Å². The molecule has 0 fully saturated rings. The van der Waals surface area contributed by atoms with E-state index >= 15 is 0 Å². The average molecular weight is 405 g/mol. The summed E-state index contributed by atoms with van der Waals surface area (Å²) < 4.78 is 6.29. The van der Waals surface area contributed by atoms with Crippen LogP contribution in [0.3, 0.4) is 0 Å². The summed E-state index contributed by atoms with van der Waals surface area (Å²) in [5.74, 6) is 0.216. The topological polar surface area (TPSA) is 67.4 Å². The van der Waals surface area contributed by atoms with Crippen LogP contribution in [0.1, 0.15) is 42.1 Å². The van der Waals surface area contributed by atoms with Gasteiger partial charge in [-0.15, -0.1) is 0 Å². The number of nitrogens with one attached hydrogen (secondary N) is 2. The number of ether oxygens (including phenoxy) is 1. The molecule has 2 aromatic rings. The van der Waals surface area contributed by atoms with E-state index in [9.17, 15) is 9.59 Å². The van der Waals surface area contributed by atoms with Crippen LogP contribution in [0.2, 0.25) is 0 Å². The third-order valence-corrected chi connectivity index (χ3v) is 4.47. The highest BCUT2D eigenvalue weighted by molar-refractivity contribution is 9.10. The number of hydrogen-bond donors (Lipinski definition) is 2. The van der Waals surface area contributed by atoms with Gasteiger partial charge in [0.05, 0.1) is 4.47 Å². The van der Waals surface area contributed by atoms with Crippen LogP contribution in [0.5, 0.6) is 5.75 Å². The van der Waals surface area contributed by atoms with Crippen LogP contribution in [0.25, 0.3) is 0 Å². The highest BCUT2D eigenvalue weighted by Gasteiger charge is 2.10. The van der Waals surface area contributed by atoms with Crippen molar-refractivity contribution in [1.29, 1.82) is 0 Å². The Morgan fingerprint density at radius 3 is 2.48 bits per heavy atom. The van der Waals surface area contributed by atoms with Crippen LogP contribution in [-0.2, 0) is 4.79 Å². The van der Waals surface area contributed by atoms with Crippen LogP contribution in [0.4, 0.5) is 0 Å². The molecule has 0 aliphatic rings. The van der Waals surface area contributed by atoms with Gasteiger partial charge >= 0.3 is 0 Å². The summed E-state index contributed by atoms with van der Waals surface area (Å²) in [7, 11) is 0. The van der Waals surface area contributed by atoms with E-state index in [1.807, 2.05) is 24.3 Å². The van der Waals surface area contributed by atoms with Gasteiger partial charge in [-0.1, -0.05) is 38.1 Å². The Morgan fingerprint density at radius 2 is 1.84 bits per heavy atom. The van der Waals surface area contributed by atoms with E-state index in [0.717, 1.165) is 10.9 Å². The van der Waals surface area contributed by atoms with Gasteiger partial charge in [0.15, 0.2) is 6.61 Å². The number of benzene rings is 2. The Kier molecular flexibility index (Phi) is 7.01. The lowest BCUT2D eigenvalue weighted by Crippen LogP contribution is -2.43. The second kappa shape index (κ2) is 9.22. The summed E-state index contributed by atoms with van der Waals surface area (Å²) in [6.45, 7) is 4.10. The predicted molar refractivity (Wildman–Crippen MR) is 100 cm³/mol. The Bertz CT molecular complexity index is 735. The molecule has 0 heterocycles. The molecule has 25 heavy (non-hydrogen) atoms. The maximum absolute atomic E-state index is 11.8. The van der Waals surface area contributed by atoms with Gasteiger partial charge in [0.1, 0.15) is 5.75 Å². The van der Waals surface area contributed by atoms with E-state index in [1.165, 1.54) is 5.56 Å². The molecule has 1 atom stereocenters. The standard InChI is InChI=1S/C19H21BrN2O3/c1-3-13(2)15-9-10-17(16(20)11-15)25-12-18(23)21-22-19(24)14-7-5-4-6-8-14/h4-11,13H,3,12H2,1-2H3,(H,21,23)(H,22,24). The molecule has 2 rings (SSSR count). The second-order valence-corrected chi connectivity index (χ2v) is 6.51. The van der Waals surface area contributed by atoms with Gasteiger partial charge in [-0.05, 0) is 58.1 Å². The summed E-state index contributed by atoms with van der Waals surface area (Å²) in [5.41, 5.74) is 6.36. The van der Waals surface area contributed by atoms with Crippen molar-refractivity contribution in [2.24, 2.45) is 0 Å². The fourth-order valence-corrected chi connectivity index (χ4v) is 2.65. The van der Waals surface area contributed by atoms with Crippen molar-refractivity contribution in [2.45, 2.75) is 26.2 Å². The zero-order valence-corrected chi connectivity index (χ0v) is 15.8. The molecule has 0 bridgehead atoms. The van der Waals surface area contributed by atoms with Gasteiger partial charge in [0, 0.05) is 5.56 Å². The number of hydrogen-bond acceptors (Lipinski definition) is 3. The zero-order chi connectivity index (χ0) is 18.2. The first kappa shape index (κ1) is 19.0. The van der Waals surface area contributed by atoms with Crippen LogP contribution >= 0.6 is 15.9 Å². The first-order valence-electron chi connectivity index (χ1n) is 8.07. The summed E-state index contributed by atoms with van der Waals surface area (Å²) in [6, 6.07) is 14.5. The molecule has 2 amide bonds. The lowest BCUT2D eigenvalue weighted by atomic mass is 9.99. The van der Waals surface area contributed by atoms with E-state index in [2.05, 4.69) is 40.6 Å². The van der Waals surface area contributed by atoms with Crippen molar-refractivity contribution in [1.82, 2.24) is 10.9 Å². The molecule has 0 aliphatic heterocycles. The Balaban J connectivity index is 1.83. The van der Waals surface area contributed by atoms with E-state index < -0.39 is 5.91 Å². The van der Waals surface area contributed by atoms with Crippen LogP contribution in [-0.4, -0.2) is 18.4 Å². The molecule has 1 unspecified atom stereocenters. The fourth-order valence-electron chi connectivity index (χ4n) is 2.14. The minimum atomic E-state index is -0.442. The molecule has 2 N–H and O–H groups in total. The number of halogens is 1. The summed E-state index contributed by atoms with van der Waals surface area (Å²) in [4.78, 5) is 23.7. The monoisotopic (exact) mass is 404 g/mol. The molecular weight excluding hydrogens is 384 g/mol. The minimum Gasteiger partial charge on any atom is -0.483 e. The second-order valence-electron chi connectivity index (χ2n) is 5.66. The molecule has 132 valence electrons. The van der Waals surface area contributed by atoms with Crippen molar-refractivity contribution in [2.75, 3.05) is 6.61 Å². The van der Waals surface area contributed by atoms with E-state index in [4.69, 9.17) is 4.74 Å². The number of carbonyl (C=O) groups excluding carboxylic acids is 2. The van der Waals surface area contributed by atoms with Crippen LogP contribution in [0.15, 0.2) is 53.0 Å². The van der Waals surface area contributed by atoms with Crippen LogP contribution < -0.4 is 15.6 Å². The third kappa shape index (κ3) is 5.60. The van der Waals surface area contributed by atoms with Gasteiger partial charge < -0.3 is 4.74 Å². The quantitative estimate of drug-likeness (QED) is 0.719. The Hall–Kier alpha value is -2.34. The molecule has 0 aliphatic carbocycles. The summed E-state index contributed by atoms with van der Waals surface area (Å²) in [5, 5.41) is 0. The SMILES string of the molecule is CCC(C)c1ccc(OCC(=O)NNC(=O)c2ccccc2)c(Br)c1. The number of rotatable bonds is 6. The number of amides is 2. The highest BCUT2D eigenvalue weighted by Crippen LogP contribution is 2.29. The molecule has 0 saturated heterocycles. The predicted octanol–water partition coefficient (Wildman–Crippen LogP) is 3.80. The molecule has 6 heteroatoms. The number of hydrazine groups is 1. The summed E-state index contributed by atoms with van der Waals surface area (Å²) in [6.07, 6.45) is 1.05. The number of carbonyl (C=O) groups is 2. The first-order chi connectivity index (χ1) is 12.0. The molecular formula is C19H21BrN2O3. The Labute approximate surface area is 155 Å². The van der Waals surface area contributed by atoms with Crippen LogP contribution in [0, 0.1) is 0 Å². The fraction of sp³-hybridized carbons (Fsp3) is 0.263. The minimum absolute atomic E-state index is 0.198. The largest absolute Gasteiger partial charge is 0.483 e. The molecule has 0 saturated carbocycles. The molecule has 0 aromatic heterocycles. The first-order valence-corrected chi connectivity index (χ1v) is 8.87. The normalized spacial score (nSPS) is 11.5. The third-order valence-electron chi connectivity index (χ3n) is 3.85. The van der Waals surface area contributed by atoms with Crippen molar-refractivity contribution in [3.8, 4) is 5.75 Å². The van der Waals surface area contributed by atoms with Gasteiger partial charge in [0.25, 0.3) is 11.8 Å². The van der Waals surface area contributed by atoms with E-state index in [0.29, 0.717) is 17.2 Å². The van der Waals surface area contributed by atoms with Crippen molar-refractivity contribution in [3.63, 3.8) is 0 Å². The maximum atomic E-state index is 11.8. The average Bonchev–Trinajstić information content (AvgIpc) is 2.65. The molecule has 5 nitrogen and oxygen atoms in total. The van der Waals surface area contributed by atoms with Gasteiger partial charge in [-0.3, -0.25) is 20.4 Å². The smallest absolute Gasteiger partial charge is 0.276 e. The van der Waals surface area contributed by atoms with Gasteiger partial charge in [-0.2, -0.15) is 0 Å². The zero-order valence-electron chi connectivity index (χ0n) is 14.2. The van der Waals surface area contributed by atoms with Crippen molar-refractivity contribution >= 4 is 27.7 Å².